The molecular weight excluding hydrogens is 1220 g/mol. The fourth-order valence-corrected chi connectivity index (χ4v) is 9.12. The van der Waals surface area contributed by atoms with Crippen molar-refractivity contribution >= 4 is 101 Å². The average molecular weight is 1290 g/mol. The molecule has 11 atom stereocenters. The second-order valence-corrected chi connectivity index (χ2v) is 21.8. The molecule has 494 valence electrons. The van der Waals surface area contributed by atoms with Gasteiger partial charge in [-0.25, -0.2) is 4.79 Å². The smallest absolute Gasteiger partial charge is 0.326 e. The number of aliphatic carboxylic acids is 4. The van der Waals surface area contributed by atoms with Crippen LogP contribution in [-0.2, 0) is 91.2 Å². The van der Waals surface area contributed by atoms with E-state index in [4.69, 9.17) is 17.2 Å². The van der Waals surface area contributed by atoms with Crippen LogP contribution in [0.4, 0.5) is 0 Å². The zero-order valence-electron chi connectivity index (χ0n) is 49.5. The lowest BCUT2D eigenvalue weighted by molar-refractivity contribution is -0.144. The zero-order chi connectivity index (χ0) is 67.9. The van der Waals surface area contributed by atoms with Gasteiger partial charge < -0.3 is 90.6 Å². The molecule has 0 aliphatic heterocycles. The Kier molecular flexibility index (Phi) is 31.7. The summed E-state index contributed by atoms with van der Waals surface area (Å²) in [4.78, 5) is 197. The molecule has 3 rings (SSSR count). The third-order valence-corrected chi connectivity index (χ3v) is 14.1. The van der Waals surface area contributed by atoms with Gasteiger partial charge in [-0.2, -0.15) is 11.8 Å². The minimum atomic E-state index is -2.06. The van der Waals surface area contributed by atoms with Crippen molar-refractivity contribution in [2.75, 3.05) is 12.0 Å². The van der Waals surface area contributed by atoms with Gasteiger partial charge in [-0.05, 0) is 54.9 Å². The van der Waals surface area contributed by atoms with E-state index in [2.05, 4.69) is 47.9 Å². The third kappa shape index (κ3) is 27.9. The Morgan fingerprint density at radius 1 is 0.396 bits per heavy atom. The van der Waals surface area contributed by atoms with Crippen LogP contribution in [0.5, 0.6) is 0 Å². The van der Waals surface area contributed by atoms with Crippen molar-refractivity contribution in [2.45, 2.75) is 144 Å². The Labute approximate surface area is 525 Å². The summed E-state index contributed by atoms with van der Waals surface area (Å²) in [6, 6.07) is 6.03. The number of carbonyl (C=O) groups excluding carboxylic acids is 11. The number of nitrogens with one attached hydrogen (secondary N) is 9. The summed E-state index contributed by atoms with van der Waals surface area (Å²) in [7, 11) is 0. The molecule has 0 aromatic heterocycles. The van der Waals surface area contributed by atoms with Gasteiger partial charge in [0.1, 0.15) is 54.4 Å². The molecule has 11 amide bonds. The number of aliphatic hydroxyl groups is 1. The van der Waals surface area contributed by atoms with E-state index in [-0.39, 0.29) is 37.9 Å². The van der Waals surface area contributed by atoms with Gasteiger partial charge in [0.25, 0.3) is 0 Å². The van der Waals surface area contributed by atoms with Crippen molar-refractivity contribution in [2.24, 2.45) is 17.2 Å². The predicted octanol–water partition coefficient (Wildman–Crippen LogP) is -4.42. The molecule has 91 heavy (non-hydrogen) atoms. The van der Waals surface area contributed by atoms with Gasteiger partial charge in [0.15, 0.2) is 0 Å². The van der Waals surface area contributed by atoms with Crippen LogP contribution in [0.2, 0.25) is 0 Å². The Morgan fingerprint density at radius 3 is 1.12 bits per heavy atom. The highest BCUT2D eigenvalue weighted by atomic mass is 32.2. The van der Waals surface area contributed by atoms with E-state index in [0.717, 1.165) is 6.92 Å². The van der Waals surface area contributed by atoms with Crippen molar-refractivity contribution in [1.29, 1.82) is 0 Å². The second-order valence-electron chi connectivity index (χ2n) is 20.8. The number of hydrogen-bond acceptors (Lipinski definition) is 18. The number of primary amides is 2. The number of benzene rings is 3. The standard InChI is InChI=1S/C58H76N12O20S/c1-30(71)48(57(88)68-41(29-47(78)79)56(87)69-42(58(89)90)26-33-16-10-5-11-17-33)70-51(82)36(22-23-91-2)63-52(83)37(24-31-12-6-3-7-13-31)66-55(86)40(28-46(76)77)67-53(84)38(25-32-14-8-4-9-15-32)65-50(81)35(19-21-45(74)75)62-54(85)39(27-44(61)73)64-49(80)34(59)18-20-43(60)72/h3-17,30,34-42,48,71H,18-29,59H2,1-2H3,(H2,60,72)(H2,61,73)(H,62,85)(H,63,83)(H,64,80)(H,65,81)(H,66,86)(H,67,84)(H,68,88)(H,69,87)(H,70,82)(H,74,75)(H,76,77)(H,78,79)(H,89,90)/t30-,34+,35+,36+,37+,38+,39+,40+,41+,42+,48+/m1/s1. The molecule has 0 spiro atoms. The number of aliphatic hydroxyl groups excluding tert-OH is 1. The molecule has 20 N–H and O–H groups in total. The van der Waals surface area contributed by atoms with E-state index in [1.54, 1.807) is 85.1 Å². The molecule has 0 aliphatic carbocycles. The highest BCUT2D eigenvalue weighted by Gasteiger charge is 2.38. The van der Waals surface area contributed by atoms with Gasteiger partial charge in [-0.1, -0.05) is 91.0 Å². The zero-order valence-corrected chi connectivity index (χ0v) is 50.3. The monoisotopic (exact) mass is 1290 g/mol. The van der Waals surface area contributed by atoms with Crippen LogP contribution in [0.15, 0.2) is 91.0 Å². The van der Waals surface area contributed by atoms with Crippen molar-refractivity contribution in [1.82, 2.24) is 47.9 Å². The first-order valence-electron chi connectivity index (χ1n) is 28.2. The SMILES string of the molecule is CSCC[C@H](NC(=O)[C@H](Cc1ccccc1)NC(=O)[C@H](CC(=O)O)NC(=O)[C@H](Cc1ccccc1)NC(=O)[C@H](CCC(=O)O)NC(=O)[C@H](CC(N)=O)NC(=O)[C@@H](N)CCC(N)=O)C(=O)N[C@H](C(=O)N[C@@H](CC(=O)O)C(=O)N[C@@H](Cc1ccccc1)C(=O)O)[C@@H](C)O. The van der Waals surface area contributed by atoms with Crippen LogP contribution in [-0.4, -0.2) is 193 Å². The van der Waals surface area contributed by atoms with Gasteiger partial charge in [0, 0.05) is 32.1 Å². The molecule has 0 saturated carbocycles. The van der Waals surface area contributed by atoms with Crippen molar-refractivity contribution in [3.05, 3.63) is 108 Å². The number of hydrogen-bond donors (Lipinski definition) is 17. The summed E-state index contributed by atoms with van der Waals surface area (Å²) in [5.74, 6) is -18.8. The van der Waals surface area contributed by atoms with Crippen LogP contribution < -0.4 is 65.1 Å². The summed E-state index contributed by atoms with van der Waals surface area (Å²) < 4.78 is 0. The van der Waals surface area contributed by atoms with E-state index in [1.807, 2.05) is 0 Å². The van der Waals surface area contributed by atoms with Crippen molar-refractivity contribution in [3.63, 3.8) is 0 Å². The molecule has 0 aliphatic rings. The van der Waals surface area contributed by atoms with Crippen LogP contribution in [0.25, 0.3) is 0 Å². The molecule has 0 bridgehead atoms. The lowest BCUT2D eigenvalue weighted by Gasteiger charge is -2.28. The number of carbonyl (C=O) groups is 15. The molecule has 0 unspecified atom stereocenters. The van der Waals surface area contributed by atoms with E-state index in [1.165, 1.54) is 23.9 Å². The third-order valence-electron chi connectivity index (χ3n) is 13.4. The number of thioether (sulfide) groups is 1. The second kappa shape index (κ2) is 38.4. The van der Waals surface area contributed by atoms with Crippen molar-refractivity contribution in [3.8, 4) is 0 Å². The molecule has 0 radical (unpaired) electrons. The topological polar surface area (TPSA) is 544 Å². The maximum absolute atomic E-state index is 14.5. The van der Waals surface area contributed by atoms with E-state index in [0.29, 0.717) is 16.7 Å². The Bertz CT molecular complexity index is 3060. The largest absolute Gasteiger partial charge is 0.481 e. The molecule has 32 nitrogen and oxygen atoms in total. The van der Waals surface area contributed by atoms with E-state index < -0.39 is 194 Å². The summed E-state index contributed by atoms with van der Waals surface area (Å²) in [5, 5.41) is 70.5. The lowest BCUT2D eigenvalue weighted by atomic mass is 10.0. The number of carboxylic acids is 4. The minimum Gasteiger partial charge on any atom is -0.481 e. The van der Waals surface area contributed by atoms with Crippen LogP contribution in [0.1, 0.15) is 75.0 Å². The Hall–Kier alpha value is -10.0. The molecule has 0 heterocycles. The van der Waals surface area contributed by atoms with Gasteiger partial charge >= 0.3 is 23.9 Å². The highest BCUT2D eigenvalue weighted by molar-refractivity contribution is 7.98. The lowest BCUT2D eigenvalue weighted by Crippen LogP contribution is -2.62. The summed E-state index contributed by atoms with van der Waals surface area (Å²) >= 11 is 1.21. The van der Waals surface area contributed by atoms with Crippen LogP contribution in [0.3, 0.4) is 0 Å². The van der Waals surface area contributed by atoms with Gasteiger partial charge in [-0.15, -0.1) is 0 Å². The average Bonchev–Trinajstić information content (AvgIpc) is 1.42. The summed E-state index contributed by atoms with van der Waals surface area (Å²) in [6.07, 6.45) is -6.48. The molecule has 0 saturated heterocycles. The molecular formula is C58H76N12O20S. The molecule has 33 heteroatoms. The van der Waals surface area contributed by atoms with Crippen molar-refractivity contribution < 1.29 is 97.5 Å². The maximum atomic E-state index is 14.5. The van der Waals surface area contributed by atoms with E-state index >= 15 is 0 Å². The number of nitrogens with two attached hydrogens (primary N) is 3. The first kappa shape index (κ1) is 75.2. The number of amides is 11. The number of carboxylic acid groups (broad SMARTS) is 4. The van der Waals surface area contributed by atoms with Gasteiger partial charge in [-0.3, -0.25) is 67.1 Å². The molecule has 0 fully saturated rings. The number of rotatable bonds is 41. The van der Waals surface area contributed by atoms with Crippen LogP contribution >= 0.6 is 11.8 Å². The first-order chi connectivity index (χ1) is 43.0. The summed E-state index contributed by atoms with van der Waals surface area (Å²) in [5.41, 5.74) is 17.5. The quantitative estimate of drug-likeness (QED) is 0.0255. The minimum absolute atomic E-state index is 0.151. The molecule has 3 aromatic carbocycles. The predicted molar refractivity (Wildman–Crippen MR) is 322 cm³/mol. The maximum Gasteiger partial charge on any atom is 0.326 e. The molecule has 3 aromatic rings. The van der Waals surface area contributed by atoms with Crippen LogP contribution in [0, 0.1) is 0 Å². The first-order valence-corrected chi connectivity index (χ1v) is 29.6. The van der Waals surface area contributed by atoms with Gasteiger partial charge in [0.05, 0.1) is 31.4 Å². The normalized spacial score (nSPS) is 14.5. The fraction of sp³-hybridized carbons (Fsp3) is 0.431. The Morgan fingerprint density at radius 2 is 0.736 bits per heavy atom. The van der Waals surface area contributed by atoms with E-state index in [9.17, 15) is 97.5 Å². The summed E-state index contributed by atoms with van der Waals surface area (Å²) in [6.45, 7) is 1.06. The van der Waals surface area contributed by atoms with Gasteiger partial charge in [0.2, 0.25) is 65.0 Å². The highest BCUT2D eigenvalue weighted by Crippen LogP contribution is 2.13. The fourth-order valence-electron chi connectivity index (χ4n) is 8.65. The Balaban J connectivity index is 1.96.